The number of hydrogen-bond donors (Lipinski definition) is 0. The minimum absolute atomic E-state index is 0.151. The molecule has 2 aliphatic rings. The standard InChI is InChI=1S/C23H25ClN4O/c24-19-7-8-21-22(13-19)28(16-25-21)14-17-3-5-18(6-4-17)23(29)27-12-9-20(15-27)26-10-1-2-11-26/h3-8,13,16,20H,1-2,9-12,14-15H2/t20-/m0/s1. The average molecular weight is 409 g/mol. The van der Waals surface area contributed by atoms with Crippen LogP contribution < -0.4 is 0 Å². The number of likely N-dealkylation sites (tertiary alicyclic amines) is 2. The second kappa shape index (κ2) is 7.81. The van der Waals surface area contributed by atoms with Crippen LogP contribution in [0.1, 0.15) is 35.2 Å². The predicted molar refractivity (Wildman–Crippen MR) is 115 cm³/mol. The number of imidazole rings is 1. The Morgan fingerprint density at radius 2 is 1.86 bits per heavy atom. The Balaban J connectivity index is 1.26. The van der Waals surface area contributed by atoms with Gasteiger partial charge >= 0.3 is 0 Å². The van der Waals surface area contributed by atoms with Crippen molar-refractivity contribution >= 4 is 28.5 Å². The zero-order valence-corrected chi connectivity index (χ0v) is 17.2. The fourth-order valence-electron chi connectivity index (χ4n) is 4.62. The molecule has 2 aromatic carbocycles. The number of benzene rings is 2. The van der Waals surface area contributed by atoms with E-state index in [1.807, 2.05) is 53.7 Å². The largest absolute Gasteiger partial charge is 0.337 e. The average Bonchev–Trinajstić information content (AvgIpc) is 3.49. The van der Waals surface area contributed by atoms with Crippen molar-refractivity contribution in [3.05, 3.63) is 64.9 Å². The number of fused-ring (bicyclic) bond motifs is 1. The van der Waals surface area contributed by atoms with Crippen molar-refractivity contribution in [2.45, 2.75) is 31.8 Å². The lowest BCUT2D eigenvalue weighted by Gasteiger charge is -2.23. The normalized spacial score (nSPS) is 20.0. The van der Waals surface area contributed by atoms with Gasteiger partial charge in [0.05, 0.1) is 17.4 Å². The van der Waals surface area contributed by atoms with Crippen molar-refractivity contribution in [2.75, 3.05) is 26.2 Å². The minimum atomic E-state index is 0.151. The van der Waals surface area contributed by atoms with E-state index in [9.17, 15) is 4.79 Å². The fraction of sp³-hybridized carbons (Fsp3) is 0.391. The summed E-state index contributed by atoms with van der Waals surface area (Å²) in [4.78, 5) is 21.9. The molecule has 0 bridgehead atoms. The summed E-state index contributed by atoms with van der Waals surface area (Å²) >= 11 is 6.13. The highest BCUT2D eigenvalue weighted by molar-refractivity contribution is 6.31. The van der Waals surface area contributed by atoms with E-state index >= 15 is 0 Å². The molecule has 1 aromatic heterocycles. The summed E-state index contributed by atoms with van der Waals surface area (Å²) in [6.07, 6.45) is 5.53. The second-order valence-electron chi connectivity index (χ2n) is 8.14. The van der Waals surface area contributed by atoms with E-state index in [1.165, 1.54) is 25.9 Å². The van der Waals surface area contributed by atoms with Crippen LogP contribution in [-0.2, 0) is 6.54 Å². The number of carbonyl (C=O) groups is 1. The predicted octanol–water partition coefficient (Wildman–Crippen LogP) is 4.05. The topological polar surface area (TPSA) is 41.4 Å². The Morgan fingerprint density at radius 3 is 2.66 bits per heavy atom. The first kappa shape index (κ1) is 18.6. The van der Waals surface area contributed by atoms with Gasteiger partial charge in [0.1, 0.15) is 0 Å². The van der Waals surface area contributed by atoms with E-state index < -0.39 is 0 Å². The Labute approximate surface area is 175 Å². The van der Waals surface area contributed by atoms with Crippen molar-refractivity contribution in [1.29, 1.82) is 0 Å². The van der Waals surface area contributed by atoms with Crippen molar-refractivity contribution in [3.8, 4) is 0 Å². The van der Waals surface area contributed by atoms with E-state index in [-0.39, 0.29) is 5.91 Å². The molecule has 29 heavy (non-hydrogen) atoms. The van der Waals surface area contributed by atoms with Gasteiger partial charge in [0.2, 0.25) is 0 Å². The van der Waals surface area contributed by atoms with Gasteiger partial charge in [-0.1, -0.05) is 23.7 Å². The number of carbonyl (C=O) groups excluding carboxylic acids is 1. The maximum atomic E-state index is 12.9. The third-order valence-electron chi connectivity index (χ3n) is 6.24. The first-order valence-corrected chi connectivity index (χ1v) is 10.8. The monoisotopic (exact) mass is 408 g/mol. The number of hydrogen-bond acceptors (Lipinski definition) is 3. The van der Waals surface area contributed by atoms with Crippen molar-refractivity contribution < 1.29 is 4.79 Å². The molecule has 3 heterocycles. The van der Waals surface area contributed by atoms with Crippen LogP contribution in [0.4, 0.5) is 0 Å². The maximum absolute atomic E-state index is 12.9. The molecule has 0 aliphatic carbocycles. The van der Waals surface area contributed by atoms with E-state index in [0.29, 0.717) is 17.6 Å². The number of nitrogens with zero attached hydrogens (tertiary/aromatic N) is 4. The van der Waals surface area contributed by atoms with Gasteiger partial charge in [-0.25, -0.2) is 4.98 Å². The molecule has 6 heteroatoms. The molecule has 5 nitrogen and oxygen atoms in total. The van der Waals surface area contributed by atoms with Gasteiger partial charge < -0.3 is 9.47 Å². The van der Waals surface area contributed by atoms with Gasteiger partial charge in [0, 0.05) is 36.3 Å². The molecular formula is C23H25ClN4O. The summed E-state index contributed by atoms with van der Waals surface area (Å²) < 4.78 is 2.08. The molecule has 1 amide bonds. The molecule has 2 fully saturated rings. The van der Waals surface area contributed by atoms with Gasteiger partial charge in [0.15, 0.2) is 0 Å². The zero-order valence-electron chi connectivity index (χ0n) is 16.4. The Bertz CT molecular complexity index is 1020. The van der Waals surface area contributed by atoms with Crippen LogP contribution in [0.25, 0.3) is 11.0 Å². The molecule has 2 aliphatic heterocycles. The Hall–Kier alpha value is -2.37. The number of amides is 1. The maximum Gasteiger partial charge on any atom is 0.253 e. The Morgan fingerprint density at radius 1 is 1.07 bits per heavy atom. The minimum Gasteiger partial charge on any atom is -0.337 e. The molecule has 0 N–H and O–H groups in total. The molecule has 2 saturated heterocycles. The van der Waals surface area contributed by atoms with Gasteiger partial charge in [-0.15, -0.1) is 0 Å². The van der Waals surface area contributed by atoms with Gasteiger partial charge in [-0.3, -0.25) is 9.69 Å². The smallest absolute Gasteiger partial charge is 0.253 e. The van der Waals surface area contributed by atoms with E-state index in [4.69, 9.17) is 11.6 Å². The van der Waals surface area contributed by atoms with Crippen LogP contribution in [0.5, 0.6) is 0 Å². The lowest BCUT2D eigenvalue weighted by atomic mass is 10.1. The highest BCUT2D eigenvalue weighted by Gasteiger charge is 2.31. The molecule has 0 radical (unpaired) electrons. The lowest BCUT2D eigenvalue weighted by molar-refractivity contribution is 0.0780. The zero-order chi connectivity index (χ0) is 19.8. The lowest BCUT2D eigenvalue weighted by Crippen LogP contribution is -2.37. The van der Waals surface area contributed by atoms with Gasteiger partial charge in [-0.2, -0.15) is 0 Å². The molecule has 0 unspecified atom stereocenters. The first-order chi connectivity index (χ1) is 14.2. The van der Waals surface area contributed by atoms with Crippen LogP contribution in [0.3, 0.4) is 0 Å². The highest BCUT2D eigenvalue weighted by atomic mass is 35.5. The molecule has 150 valence electrons. The van der Waals surface area contributed by atoms with Crippen LogP contribution in [0, 0.1) is 0 Å². The van der Waals surface area contributed by atoms with Gasteiger partial charge in [0.25, 0.3) is 5.91 Å². The number of aromatic nitrogens is 2. The quantitative estimate of drug-likeness (QED) is 0.654. The van der Waals surface area contributed by atoms with E-state index in [2.05, 4.69) is 14.5 Å². The van der Waals surface area contributed by atoms with E-state index in [0.717, 1.165) is 41.7 Å². The molecule has 0 spiro atoms. The molecule has 5 rings (SSSR count). The third-order valence-corrected chi connectivity index (χ3v) is 6.48. The molecular weight excluding hydrogens is 384 g/mol. The van der Waals surface area contributed by atoms with Crippen molar-refractivity contribution in [2.24, 2.45) is 0 Å². The number of halogens is 1. The summed E-state index contributed by atoms with van der Waals surface area (Å²) in [7, 11) is 0. The second-order valence-corrected chi connectivity index (χ2v) is 8.58. The summed E-state index contributed by atoms with van der Waals surface area (Å²) in [6.45, 7) is 4.81. The highest BCUT2D eigenvalue weighted by Crippen LogP contribution is 2.23. The SMILES string of the molecule is O=C(c1ccc(Cn2cnc3ccc(Cl)cc32)cc1)N1CC[C@H](N2CCCC2)C1. The molecule has 0 saturated carbocycles. The van der Waals surface area contributed by atoms with Crippen LogP contribution >= 0.6 is 11.6 Å². The van der Waals surface area contributed by atoms with E-state index in [1.54, 1.807) is 0 Å². The number of rotatable bonds is 4. The van der Waals surface area contributed by atoms with Gasteiger partial charge in [-0.05, 0) is 68.2 Å². The molecule has 1 atom stereocenters. The van der Waals surface area contributed by atoms with Crippen LogP contribution in [0.15, 0.2) is 48.8 Å². The summed E-state index contributed by atoms with van der Waals surface area (Å²) in [5, 5.41) is 0.707. The summed E-state index contributed by atoms with van der Waals surface area (Å²) in [6, 6.07) is 14.2. The Kier molecular flexibility index (Phi) is 5.02. The first-order valence-electron chi connectivity index (χ1n) is 10.4. The third kappa shape index (κ3) is 3.77. The van der Waals surface area contributed by atoms with Crippen LogP contribution in [0.2, 0.25) is 5.02 Å². The van der Waals surface area contributed by atoms with Crippen LogP contribution in [-0.4, -0.2) is 57.5 Å². The van der Waals surface area contributed by atoms with Crippen molar-refractivity contribution in [3.63, 3.8) is 0 Å². The summed E-state index contributed by atoms with van der Waals surface area (Å²) in [5.74, 6) is 0.151. The van der Waals surface area contributed by atoms with Crippen molar-refractivity contribution in [1.82, 2.24) is 19.4 Å². The molecule has 3 aromatic rings. The fourth-order valence-corrected chi connectivity index (χ4v) is 4.79. The summed E-state index contributed by atoms with van der Waals surface area (Å²) in [5.41, 5.74) is 3.86.